The summed E-state index contributed by atoms with van der Waals surface area (Å²) < 4.78 is 39.7. The molecule has 0 bridgehead atoms. The second kappa shape index (κ2) is 7.62. The smallest absolute Gasteiger partial charge is 0.261 e. The standard InChI is InChI=1S/C20H18FN3O5S/c21-13-4-6-14(7-5-13)30(28,29)24-10-8-12(9-11-24)18(25)22-16-3-1-2-15-17(16)20(27)23-19(15)26/h1-7,12H,8-11H2,(H,22,25)(H,23,26,27). The summed E-state index contributed by atoms with van der Waals surface area (Å²) in [7, 11) is -3.76. The third kappa shape index (κ3) is 3.59. The fourth-order valence-corrected chi connectivity index (χ4v) is 5.14. The number of nitrogens with one attached hydrogen (secondary N) is 2. The molecule has 10 heteroatoms. The van der Waals surface area contributed by atoms with E-state index in [1.807, 2.05) is 0 Å². The molecule has 0 aliphatic carbocycles. The lowest BCUT2D eigenvalue weighted by Gasteiger charge is -2.30. The van der Waals surface area contributed by atoms with Gasteiger partial charge in [0.25, 0.3) is 11.8 Å². The molecule has 4 rings (SSSR count). The van der Waals surface area contributed by atoms with Gasteiger partial charge >= 0.3 is 0 Å². The second-order valence-electron chi connectivity index (χ2n) is 7.13. The first kappa shape index (κ1) is 20.2. The molecule has 3 amide bonds. The monoisotopic (exact) mass is 431 g/mol. The maximum atomic E-state index is 13.1. The molecule has 0 radical (unpaired) electrons. The SMILES string of the molecule is O=C1NC(=O)c2c(NC(=O)C3CCN(S(=O)(=O)c4ccc(F)cc4)CC3)cccc21. The summed E-state index contributed by atoms with van der Waals surface area (Å²) in [5, 5.41) is 4.88. The zero-order valence-corrected chi connectivity index (χ0v) is 16.5. The highest BCUT2D eigenvalue weighted by Crippen LogP contribution is 2.28. The van der Waals surface area contributed by atoms with E-state index in [1.165, 1.54) is 22.5 Å². The molecule has 30 heavy (non-hydrogen) atoms. The van der Waals surface area contributed by atoms with Crippen molar-refractivity contribution in [2.45, 2.75) is 17.7 Å². The van der Waals surface area contributed by atoms with Crippen LogP contribution in [0.15, 0.2) is 47.4 Å². The number of anilines is 1. The Morgan fingerprint density at radius 2 is 1.70 bits per heavy atom. The molecule has 1 fully saturated rings. The maximum absolute atomic E-state index is 13.1. The number of hydrogen-bond donors (Lipinski definition) is 2. The molecule has 0 spiro atoms. The predicted octanol–water partition coefficient (Wildman–Crippen LogP) is 1.75. The van der Waals surface area contributed by atoms with Crippen molar-refractivity contribution < 1.29 is 27.2 Å². The Hall–Kier alpha value is -3.11. The van der Waals surface area contributed by atoms with Gasteiger partial charge in [0.1, 0.15) is 5.82 Å². The van der Waals surface area contributed by atoms with Gasteiger partial charge in [-0.3, -0.25) is 19.7 Å². The molecule has 1 saturated heterocycles. The number of piperidine rings is 1. The summed E-state index contributed by atoms with van der Waals surface area (Å²) in [6, 6.07) is 9.23. The molecule has 156 valence electrons. The molecule has 0 saturated carbocycles. The molecule has 0 unspecified atom stereocenters. The van der Waals surface area contributed by atoms with Crippen LogP contribution in [-0.2, 0) is 14.8 Å². The molecule has 2 aromatic carbocycles. The van der Waals surface area contributed by atoms with Crippen molar-refractivity contribution in [3.63, 3.8) is 0 Å². The molecule has 8 nitrogen and oxygen atoms in total. The number of hydrogen-bond acceptors (Lipinski definition) is 5. The van der Waals surface area contributed by atoms with Gasteiger partial charge in [-0.1, -0.05) is 6.07 Å². The van der Waals surface area contributed by atoms with Gasteiger partial charge < -0.3 is 5.32 Å². The van der Waals surface area contributed by atoms with Crippen LogP contribution in [0.5, 0.6) is 0 Å². The van der Waals surface area contributed by atoms with E-state index in [-0.39, 0.29) is 40.7 Å². The highest BCUT2D eigenvalue weighted by Gasteiger charge is 2.34. The third-order valence-corrected chi connectivity index (χ3v) is 7.21. The summed E-state index contributed by atoms with van der Waals surface area (Å²) in [5.74, 6) is -2.38. The Labute approximate surface area is 172 Å². The van der Waals surface area contributed by atoms with Crippen molar-refractivity contribution in [2.24, 2.45) is 5.92 Å². The largest absolute Gasteiger partial charge is 0.325 e. The van der Waals surface area contributed by atoms with E-state index in [1.54, 1.807) is 12.1 Å². The van der Waals surface area contributed by atoms with Crippen LogP contribution in [-0.4, -0.2) is 43.5 Å². The molecule has 2 aliphatic rings. The minimum Gasteiger partial charge on any atom is -0.325 e. The lowest BCUT2D eigenvalue weighted by atomic mass is 9.96. The maximum Gasteiger partial charge on any atom is 0.261 e. The summed E-state index contributed by atoms with van der Waals surface area (Å²) >= 11 is 0. The Morgan fingerprint density at radius 3 is 2.37 bits per heavy atom. The van der Waals surface area contributed by atoms with Crippen molar-refractivity contribution in [2.75, 3.05) is 18.4 Å². The molecule has 2 aliphatic heterocycles. The van der Waals surface area contributed by atoms with Gasteiger partial charge in [0.05, 0.1) is 21.7 Å². The van der Waals surface area contributed by atoms with Gasteiger partial charge in [-0.15, -0.1) is 0 Å². The van der Waals surface area contributed by atoms with E-state index < -0.39 is 33.6 Å². The Kier molecular flexibility index (Phi) is 5.12. The highest BCUT2D eigenvalue weighted by atomic mass is 32.2. The minimum absolute atomic E-state index is 0.00216. The van der Waals surface area contributed by atoms with Crippen molar-refractivity contribution in [3.8, 4) is 0 Å². The number of imide groups is 1. The lowest BCUT2D eigenvalue weighted by Crippen LogP contribution is -2.41. The second-order valence-corrected chi connectivity index (χ2v) is 9.07. The van der Waals surface area contributed by atoms with Gasteiger partial charge in [-0.25, -0.2) is 12.8 Å². The van der Waals surface area contributed by atoms with Gasteiger partial charge in [0.15, 0.2) is 0 Å². The topological polar surface area (TPSA) is 113 Å². The van der Waals surface area contributed by atoms with Crippen molar-refractivity contribution in [3.05, 3.63) is 59.4 Å². The summed E-state index contributed by atoms with van der Waals surface area (Å²) in [6.45, 7) is 0.285. The van der Waals surface area contributed by atoms with E-state index in [2.05, 4.69) is 10.6 Å². The van der Waals surface area contributed by atoms with Crippen molar-refractivity contribution in [1.29, 1.82) is 0 Å². The fraction of sp³-hybridized carbons (Fsp3) is 0.250. The van der Waals surface area contributed by atoms with Crippen LogP contribution >= 0.6 is 0 Å². The molecule has 0 atom stereocenters. The number of halogens is 1. The van der Waals surface area contributed by atoms with E-state index in [0.29, 0.717) is 12.8 Å². The zero-order valence-electron chi connectivity index (χ0n) is 15.7. The van der Waals surface area contributed by atoms with Crippen molar-refractivity contribution in [1.82, 2.24) is 9.62 Å². The van der Waals surface area contributed by atoms with Gasteiger partial charge in [0, 0.05) is 19.0 Å². The van der Waals surface area contributed by atoms with Gasteiger partial charge in [-0.2, -0.15) is 4.31 Å². The zero-order chi connectivity index (χ0) is 21.5. The van der Waals surface area contributed by atoms with Gasteiger partial charge in [-0.05, 0) is 49.2 Å². The van der Waals surface area contributed by atoms with Crippen LogP contribution in [0.3, 0.4) is 0 Å². The number of carbonyl (C=O) groups is 3. The minimum atomic E-state index is -3.76. The van der Waals surface area contributed by atoms with Crippen LogP contribution < -0.4 is 10.6 Å². The molecule has 2 aromatic rings. The van der Waals surface area contributed by atoms with Gasteiger partial charge in [0.2, 0.25) is 15.9 Å². The average molecular weight is 431 g/mol. The number of benzene rings is 2. The average Bonchev–Trinajstić information content (AvgIpc) is 3.03. The molecule has 0 aromatic heterocycles. The normalized spacial score (nSPS) is 17.5. The van der Waals surface area contributed by atoms with Crippen LogP contribution in [0.2, 0.25) is 0 Å². The summed E-state index contributed by atoms with van der Waals surface area (Å²) in [6.07, 6.45) is 0.596. The Bertz CT molecular complexity index is 1140. The highest BCUT2D eigenvalue weighted by molar-refractivity contribution is 7.89. The number of sulfonamides is 1. The molecule has 2 N–H and O–H groups in total. The summed E-state index contributed by atoms with van der Waals surface area (Å²) in [5.41, 5.74) is 0.590. The first-order valence-electron chi connectivity index (χ1n) is 9.32. The number of nitrogens with zero attached hydrogens (tertiary/aromatic N) is 1. The van der Waals surface area contributed by atoms with Crippen LogP contribution in [0, 0.1) is 11.7 Å². The number of fused-ring (bicyclic) bond motifs is 1. The van der Waals surface area contributed by atoms with Crippen molar-refractivity contribution >= 4 is 33.4 Å². The number of amides is 3. The van der Waals surface area contributed by atoms with E-state index in [4.69, 9.17) is 0 Å². The van der Waals surface area contributed by atoms with E-state index >= 15 is 0 Å². The summed E-state index contributed by atoms with van der Waals surface area (Å²) in [4.78, 5) is 36.4. The number of carbonyl (C=O) groups excluding carboxylic acids is 3. The van der Waals surface area contributed by atoms with E-state index in [9.17, 15) is 27.2 Å². The molecule has 2 heterocycles. The quantitative estimate of drug-likeness (QED) is 0.717. The first-order chi connectivity index (χ1) is 14.3. The first-order valence-corrected chi connectivity index (χ1v) is 10.8. The van der Waals surface area contributed by atoms with E-state index in [0.717, 1.165) is 12.1 Å². The fourth-order valence-electron chi connectivity index (χ4n) is 3.67. The Morgan fingerprint density at radius 1 is 1.03 bits per heavy atom. The molecular formula is C20H18FN3O5S. The predicted molar refractivity (Wildman–Crippen MR) is 105 cm³/mol. The number of rotatable bonds is 4. The third-order valence-electron chi connectivity index (χ3n) is 5.30. The van der Waals surface area contributed by atoms with Crippen LogP contribution in [0.1, 0.15) is 33.6 Å². The van der Waals surface area contributed by atoms with Crippen LogP contribution in [0.25, 0.3) is 0 Å². The Balaban J connectivity index is 1.43. The molecular weight excluding hydrogens is 413 g/mol. The lowest BCUT2D eigenvalue weighted by molar-refractivity contribution is -0.120. The van der Waals surface area contributed by atoms with Crippen LogP contribution in [0.4, 0.5) is 10.1 Å².